The van der Waals surface area contributed by atoms with Gasteiger partial charge in [-0.3, -0.25) is 4.79 Å². The maximum absolute atomic E-state index is 11.9. The Labute approximate surface area is 137 Å². The second-order valence-corrected chi connectivity index (χ2v) is 5.20. The molecule has 0 aliphatic rings. The largest absolute Gasteiger partial charge is 0.489 e. The minimum absolute atomic E-state index is 0.150. The van der Waals surface area contributed by atoms with Crippen LogP contribution in [0.25, 0.3) is 0 Å². The Morgan fingerprint density at radius 1 is 1.22 bits per heavy atom. The molecule has 0 spiro atoms. The number of anilines is 1. The van der Waals surface area contributed by atoms with Gasteiger partial charge >= 0.3 is 0 Å². The summed E-state index contributed by atoms with van der Waals surface area (Å²) in [6.07, 6.45) is 2.57. The van der Waals surface area contributed by atoms with Crippen LogP contribution in [-0.2, 0) is 6.61 Å². The minimum Gasteiger partial charge on any atom is -0.489 e. The Balaban J connectivity index is 1.63. The molecule has 23 heavy (non-hydrogen) atoms. The Morgan fingerprint density at radius 2 is 2.04 bits per heavy atom. The molecule has 3 rings (SSSR count). The van der Waals surface area contributed by atoms with Crippen LogP contribution in [-0.4, -0.2) is 10.9 Å². The normalized spacial score (nSPS) is 10.3. The molecule has 0 aliphatic carbocycles. The van der Waals surface area contributed by atoms with E-state index in [9.17, 15) is 4.79 Å². The van der Waals surface area contributed by atoms with Gasteiger partial charge in [-0.15, -0.1) is 0 Å². The molecule has 0 saturated carbocycles. The third kappa shape index (κ3) is 4.11. The van der Waals surface area contributed by atoms with E-state index in [2.05, 4.69) is 10.3 Å². The summed E-state index contributed by atoms with van der Waals surface area (Å²) in [5, 5.41) is 3.41. The highest BCUT2D eigenvalue weighted by Crippen LogP contribution is 2.20. The first kappa shape index (κ1) is 15.1. The van der Waals surface area contributed by atoms with Gasteiger partial charge in [0.05, 0.1) is 6.20 Å². The van der Waals surface area contributed by atoms with Gasteiger partial charge in [-0.05, 0) is 29.8 Å². The van der Waals surface area contributed by atoms with Crippen molar-refractivity contribution in [2.45, 2.75) is 6.61 Å². The Morgan fingerprint density at radius 3 is 2.78 bits per heavy atom. The number of halogens is 1. The lowest BCUT2D eigenvalue weighted by atomic mass is 10.2. The number of ether oxygens (including phenoxy) is 1. The second kappa shape index (κ2) is 6.98. The van der Waals surface area contributed by atoms with Crippen molar-refractivity contribution in [2.75, 3.05) is 5.32 Å². The number of oxazole rings is 1. The summed E-state index contributed by atoms with van der Waals surface area (Å²) in [6.45, 7) is 0.413. The zero-order valence-electron chi connectivity index (χ0n) is 12.0. The third-order valence-corrected chi connectivity index (χ3v) is 3.32. The van der Waals surface area contributed by atoms with E-state index in [0.717, 1.165) is 5.56 Å². The van der Waals surface area contributed by atoms with Crippen molar-refractivity contribution in [2.24, 2.45) is 0 Å². The van der Waals surface area contributed by atoms with Crippen molar-refractivity contribution >= 4 is 23.2 Å². The van der Waals surface area contributed by atoms with Crippen molar-refractivity contribution in [1.29, 1.82) is 0 Å². The standard InChI is InChI=1S/C17H13ClN2O3/c18-13-6-4-12(5-7-13)10-22-15-3-1-2-14(8-15)20-17(21)16-9-19-11-23-16/h1-9,11H,10H2,(H,20,21). The third-order valence-electron chi connectivity index (χ3n) is 3.07. The lowest BCUT2D eigenvalue weighted by molar-refractivity contribution is 0.0996. The smallest absolute Gasteiger partial charge is 0.293 e. The summed E-state index contributed by atoms with van der Waals surface area (Å²) in [5.74, 6) is 0.435. The fraction of sp³-hybridized carbons (Fsp3) is 0.0588. The van der Waals surface area contributed by atoms with Crippen molar-refractivity contribution in [3.8, 4) is 5.75 Å². The first-order valence-corrected chi connectivity index (χ1v) is 7.26. The highest BCUT2D eigenvalue weighted by Gasteiger charge is 2.09. The number of nitrogens with one attached hydrogen (secondary N) is 1. The van der Waals surface area contributed by atoms with E-state index in [4.69, 9.17) is 20.8 Å². The first-order valence-electron chi connectivity index (χ1n) is 6.88. The molecular formula is C17H13ClN2O3. The summed E-state index contributed by atoms with van der Waals surface area (Å²) in [4.78, 5) is 15.6. The number of carbonyl (C=O) groups is 1. The van der Waals surface area contributed by atoms with Gasteiger partial charge in [0.15, 0.2) is 6.39 Å². The molecular weight excluding hydrogens is 316 g/mol. The van der Waals surface area contributed by atoms with Crippen LogP contribution < -0.4 is 10.1 Å². The van der Waals surface area contributed by atoms with Gasteiger partial charge in [0.1, 0.15) is 12.4 Å². The molecule has 0 unspecified atom stereocenters. The molecule has 1 amide bonds. The van der Waals surface area contributed by atoms with Crippen LogP contribution in [0.1, 0.15) is 16.1 Å². The Hall–Kier alpha value is -2.79. The van der Waals surface area contributed by atoms with Crippen LogP contribution in [0.3, 0.4) is 0 Å². The van der Waals surface area contributed by atoms with Gasteiger partial charge < -0.3 is 14.5 Å². The highest BCUT2D eigenvalue weighted by molar-refractivity contribution is 6.30. The van der Waals surface area contributed by atoms with E-state index in [-0.39, 0.29) is 11.7 Å². The molecule has 6 heteroatoms. The minimum atomic E-state index is -0.364. The van der Waals surface area contributed by atoms with E-state index < -0.39 is 0 Å². The van der Waals surface area contributed by atoms with Crippen LogP contribution in [0.4, 0.5) is 5.69 Å². The summed E-state index contributed by atoms with van der Waals surface area (Å²) in [5.41, 5.74) is 1.62. The van der Waals surface area contributed by atoms with Gasteiger partial charge in [-0.2, -0.15) is 0 Å². The quantitative estimate of drug-likeness (QED) is 0.763. The topological polar surface area (TPSA) is 64.4 Å². The van der Waals surface area contributed by atoms with Gasteiger partial charge in [-0.25, -0.2) is 4.98 Å². The second-order valence-electron chi connectivity index (χ2n) is 4.76. The number of hydrogen-bond donors (Lipinski definition) is 1. The Bertz CT molecular complexity index is 786. The van der Waals surface area contributed by atoms with Crippen molar-refractivity contribution in [3.05, 3.63) is 77.5 Å². The fourth-order valence-electron chi connectivity index (χ4n) is 1.93. The number of rotatable bonds is 5. The van der Waals surface area contributed by atoms with Gasteiger partial charge in [0, 0.05) is 16.8 Å². The first-order chi connectivity index (χ1) is 11.2. The number of nitrogens with zero attached hydrogens (tertiary/aromatic N) is 1. The van der Waals surface area contributed by atoms with Crippen molar-refractivity contribution in [1.82, 2.24) is 4.98 Å². The molecule has 0 atom stereocenters. The molecule has 0 saturated heterocycles. The van der Waals surface area contributed by atoms with Crippen LogP contribution in [0.15, 0.2) is 65.5 Å². The molecule has 0 fully saturated rings. The fourth-order valence-corrected chi connectivity index (χ4v) is 2.06. The number of hydrogen-bond acceptors (Lipinski definition) is 4. The molecule has 116 valence electrons. The van der Waals surface area contributed by atoms with Gasteiger partial charge in [0.25, 0.3) is 5.91 Å². The van der Waals surface area contributed by atoms with Gasteiger partial charge in [0.2, 0.25) is 5.76 Å². The van der Waals surface area contributed by atoms with E-state index in [1.165, 1.54) is 12.6 Å². The number of aromatic nitrogens is 1. The molecule has 1 heterocycles. The van der Waals surface area contributed by atoms with E-state index in [0.29, 0.717) is 23.1 Å². The number of benzene rings is 2. The zero-order valence-corrected chi connectivity index (χ0v) is 12.8. The van der Waals surface area contributed by atoms with E-state index >= 15 is 0 Å². The summed E-state index contributed by atoms with van der Waals surface area (Å²) < 4.78 is 10.7. The maximum atomic E-state index is 11.9. The van der Waals surface area contributed by atoms with E-state index in [1.807, 2.05) is 30.3 Å². The molecule has 0 bridgehead atoms. The molecule has 3 aromatic rings. The monoisotopic (exact) mass is 328 g/mol. The SMILES string of the molecule is O=C(Nc1cccc(OCc2ccc(Cl)cc2)c1)c1cnco1. The molecule has 2 aromatic carbocycles. The molecule has 1 aromatic heterocycles. The highest BCUT2D eigenvalue weighted by atomic mass is 35.5. The van der Waals surface area contributed by atoms with Crippen LogP contribution in [0.5, 0.6) is 5.75 Å². The van der Waals surface area contributed by atoms with Crippen LogP contribution >= 0.6 is 11.6 Å². The molecule has 0 aliphatic heterocycles. The lowest BCUT2D eigenvalue weighted by Gasteiger charge is -2.09. The summed E-state index contributed by atoms with van der Waals surface area (Å²) in [6, 6.07) is 14.6. The van der Waals surface area contributed by atoms with Crippen molar-refractivity contribution in [3.63, 3.8) is 0 Å². The summed E-state index contributed by atoms with van der Waals surface area (Å²) in [7, 11) is 0. The van der Waals surface area contributed by atoms with Crippen LogP contribution in [0.2, 0.25) is 5.02 Å². The number of amides is 1. The molecule has 0 radical (unpaired) electrons. The van der Waals surface area contributed by atoms with E-state index in [1.54, 1.807) is 18.2 Å². The van der Waals surface area contributed by atoms with Crippen LogP contribution in [0, 0.1) is 0 Å². The zero-order chi connectivity index (χ0) is 16.1. The molecule has 1 N–H and O–H groups in total. The average Bonchev–Trinajstić information content (AvgIpc) is 3.09. The maximum Gasteiger partial charge on any atom is 0.293 e. The number of carbonyl (C=O) groups excluding carboxylic acids is 1. The predicted molar refractivity (Wildman–Crippen MR) is 86.7 cm³/mol. The lowest BCUT2D eigenvalue weighted by Crippen LogP contribution is -2.10. The summed E-state index contributed by atoms with van der Waals surface area (Å²) >= 11 is 5.85. The Kier molecular flexibility index (Phi) is 4.59. The van der Waals surface area contributed by atoms with Crippen molar-refractivity contribution < 1.29 is 13.9 Å². The average molecular weight is 329 g/mol. The molecule has 5 nitrogen and oxygen atoms in total. The van der Waals surface area contributed by atoms with Gasteiger partial charge in [-0.1, -0.05) is 29.8 Å². The predicted octanol–water partition coefficient (Wildman–Crippen LogP) is 4.16.